The number of hydrogen-bond donors (Lipinski definition) is 3. The third-order valence-electron chi connectivity index (χ3n) is 4.09. The van der Waals surface area contributed by atoms with E-state index in [2.05, 4.69) is 46.8 Å². The van der Waals surface area contributed by atoms with Crippen molar-refractivity contribution in [2.75, 3.05) is 6.54 Å². The molecule has 0 saturated carbocycles. The van der Waals surface area contributed by atoms with Gasteiger partial charge in [0.2, 0.25) is 5.91 Å². The second-order valence-corrected chi connectivity index (χ2v) is 6.33. The first-order valence-corrected chi connectivity index (χ1v) is 9.06. The zero-order valence-electron chi connectivity index (χ0n) is 15.5. The summed E-state index contributed by atoms with van der Waals surface area (Å²) in [5, 5.41) is 6.73. The van der Waals surface area contributed by atoms with Crippen molar-refractivity contribution in [3.05, 3.63) is 71.3 Å². The average Bonchev–Trinajstić information content (AvgIpc) is 2.66. The average molecular weight is 352 g/mol. The zero-order valence-corrected chi connectivity index (χ0v) is 15.5. The van der Waals surface area contributed by atoms with Crippen LogP contribution in [0, 0.1) is 0 Å². The summed E-state index contributed by atoms with van der Waals surface area (Å²) in [6, 6.07) is 18.0. The fourth-order valence-electron chi connectivity index (χ4n) is 2.60. The summed E-state index contributed by atoms with van der Waals surface area (Å²) >= 11 is 0. The summed E-state index contributed by atoms with van der Waals surface area (Å²) in [4.78, 5) is 15.8. The first-order chi connectivity index (χ1) is 12.6. The SMILES string of the molecule is CCNC(=NCc1ccc(C(N)=O)cc1)NC(C)CCc1ccccc1. The number of nitrogens with one attached hydrogen (secondary N) is 2. The molecule has 138 valence electrons. The summed E-state index contributed by atoms with van der Waals surface area (Å²) < 4.78 is 0. The van der Waals surface area contributed by atoms with Crippen LogP contribution < -0.4 is 16.4 Å². The molecule has 0 saturated heterocycles. The molecule has 0 bridgehead atoms. The van der Waals surface area contributed by atoms with Gasteiger partial charge in [0.25, 0.3) is 0 Å². The summed E-state index contributed by atoms with van der Waals surface area (Å²) in [5.74, 6) is 0.384. The van der Waals surface area contributed by atoms with Crippen molar-refractivity contribution in [1.29, 1.82) is 0 Å². The van der Waals surface area contributed by atoms with Crippen molar-refractivity contribution in [1.82, 2.24) is 10.6 Å². The molecule has 0 aromatic heterocycles. The molecule has 5 heteroatoms. The van der Waals surface area contributed by atoms with E-state index in [0.29, 0.717) is 18.2 Å². The molecule has 5 nitrogen and oxygen atoms in total. The molecule has 1 atom stereocenters. The molecule has 0 heterocycles. The number of guanidine groups is 1. The summed E-state index contributed by atoms with van der Waals surface area (Å²) in [6.07, 6.45) is 2.06. The van der Waals surface area contributed by atoms with Crippen molar-refractivity contribution in [2.24, 2.45) is 10.7 Å². The van der Waals surface area contributed by atoms with Crippen molar-refractivity contribution in [3.8, 4) is 0 Å². The Balaban J connectivity index is 1.89. The first-order valence-electron chi connectivity index (χ1n) is 9.06. The van der Waals surface area contributed by atoms with Gasteiger partial charge < -0.3 is 16.4 Å². The molecule has 1 amide bonds. The molecular formula is C21H28N4O. The number of carbonyl (C=O) groups is 1. The van der Waals surface area contributed by atoms with Gasteiger partial charge in [-0.3, -0.25) is 4.79 Å². The number of amides is 1. The lowest BCUT2D eigenvalue weighted by Gasteiger charge is -2.18. The van der Waals surface area contributed by atoms with Gasteiger partial charge in [-0.25, -0.2) is 4.99 Å². The van der Waals surface area contributed by atoms with E-state index in [0.717, 1.165) is 30.9 Å². The molecular weight excluding hydrogens is 324 g/mol. The zero-order chi connectivity index (χ0) is 18.8. The van der Waals surface area contributed by atoms with Crippen molar-refractivity contribution < 1.29 is 4.79 Å². The minimum Gasteiger partial charge on any atom is -0.366 e. The van der Waals surface area contributed by atoms with E-state index in [9.17, 15) is 4.79 Å². The van der Waals surface area contributed by atoms with Gasteiger partial charge >= 0.3 is 0 Å². The van der Waals surface area contributed by atoms with Gasteiger partial charge in [0.15, 0.2) is 5.96 Å². The van der Waals surface area contributed by atoms with Crippen molar-refractivity contribution in [3.63, 3.8) is 0 Å². The number of aryl methyl sites for hydroxylation is 1. The number of aliphatic imine (C=N–C) groups is 1. The second-order valence-electron chi connectivity index (χ2n) is 6.33. The largest absolute Gasteiger partial charge is 0.366 e. The maximum Gasteiger partial charge on any atom is 0.248 e. The van der Waals surface area contributed by atoms with E-state index in [4.69, 9.17) is 5.73 Å². The van der Waals surface area contributed by atoms with Crippen LogP contribution in [-0.4, -0.2) is 24.5 Å². The van der Waals surface area contributed by atoms with Crippen LogP contribution in [0.15, 0.2) is 59.6 Å². The summed E-state index contributed by atoms with van der Waals surface area (Å²) in [7, 11) is 0. The lowest BCUT2D eigenvalue weighted by molar-refractivity contribution is 0.100. The Morgan fingerprint density at radius 2 is 1.77 bits per heavy atom. The summed E-state index contributed by atoms with van der Waals surface area (Å²) in [5.41, 5.74) is 8.15. The highest BCUT2D eigenvalue weighted by Crippen LogP contribution is 2.06. The Hall–Kier alpha value is -2.82. The van der Waals surface area contributed by atoms with Crippen LogP contribution in [-0.2, 0) is 13.0 Å². The lowest BCUT2D eigenvalue weighted by Crippen LogP contribution is -2.42. The third-order valence-corrected chi connectivity index (χ3v) is 4.09. The molecule has 2 aromatic rings. The van der Waals surface area contributed by atoms with Gasteiger partial charge in [0, 0.05) is 18.2 Å². The molecule has 0 aliphatic rings. The van der Waals surface area contributed by atoms with Crippen LogP contribution in [0.2, 0.25) is 0 Å². The van der Waals surface area contributed by atoms with Crippen molar-refractivity contribution in [2.45, 2.75) is 39.3 Å². The minimum atomic E-state index is -0.415. The van der Waals surface area contributed by atoms with E-state index < -0.39 is 5.91 Å². The highest BCUT2D eigenvalue weighted by Gasteiger charge is 2.06. The van der Waals surface area contributed by atoms with Crippen LogP contribution in [0.3, 0.4) is 0 Å². The molecule has 2 aromatic carbocycles. The minimum absolute atomic E-state index is 0.310. The van der Waals surface area contributed by atoms with Gasteiger partial charge in [0.05, 0.1) is 6.54 Å². The van der Waals surface area contributed by atoms with Crippen LogP contribution in [0.5, 0.6) is 0 Å². The number of rotatable bonds is 8. The number of benzene rings is 2. The Morgan fingerprint density at radius 3 is 2.38 bits per heavy atom. The standard InChI is InChI=1S/C21H28N4O/c1-3-23-21(24-15-18-11-13-19(14-12-18)20(22)26)25-16(2)9-10-17-7-5-4-6-8-17/h4-8,11-14,16H,3,9-10,15H2,1-2H3,(H2,22,26)(H2,23,24,25). The number of primary amides is 1. The number of nitrogens with zero attached hydrogens (tertiary/aromatic N) is 1. The first kappa shape index (κ1) is 19.5. The van der Waals surface area contributed by atoms with E-state index in [-0.39, 0.29) is 0 Å². The fourth-order valence-corrected chi connectivity index (χ4v) is 2.60. The van der Waals surface area contributed by atoms with Gasteiger partial charge in [-0.2, -0.15) is 0 Å². The molecule has 26 heavy (non-hydrogen) atoms. The predicted molar refractivity (Wildman–Crippen MR) is 107 cm³/mol. The highest BCUT2D eigenvalue weighted by atomic mass is 16.1. The summed E-state index contributed by atoms with van der Waals surface area (Å²) in [6.45, 7) is 5.56. The quantitative estimate of drug-likeness (QED) is 0.505. The number of hydrogen-bond acceptors (Lipinski definition) is 2. The highest BCUT2D eigenvalue weighted by molar-refractivity contribution is 5.92. The molecule has 4 N–H and O–H groups in total. The number of carbonyl (C=O) groups excluding carboxylic acids is 1. The Kier molecular flexibility index (Phi) is 7.68. The predicted octanol–water partition coefficient (Wildman–Crippen LogP) is 2.86. The maximum absolute atomic E-state index is 11.1. The molecule has 0 aliphatic heterocycles. The smallest absolute Gasteiger partial charge is 0.248 e. The van der Waals surface area contributed by atoms with Crippen LogP contribution in [0.25, 0.3) is 0 Å². The topological polar surface area (TPSA) is 79.5 Å². The fraction of sp³-hybridized carbons (Fsp3) is 0.333. The van der Waals surface area contributed by atoms with Gasteiger partial charge in [0.1, 0.15) is 0 Å². The molecule has 0 aliphatic carbocycles. The monoisotopic (exact) mass is 352 g/mol. The van der Waals surface area contributed by atoms with E-state index in [1.807, 2.05) is 25.1 Å². The van der Waals surface area contributed by atoms with Crippen LogP contribution >= 0.6 is 0 Å². The normalized spacial score (nSPS) is 12.5. The van der Waals surface area contributed by atoms with E-state index >= 15 is 0 Å². The van der Waals surface area contributed by atoms with Crippen LogP contribution in [0.1, 0.15) is 41.8 Å². The maximum atomic E-state index is 11.1. The number of nitrogens with two attached hydrogens (primary N) is 1. The molecule has 0 radical (unpaired) electrons. The molecule has 0 spiro atoms. The third kappa shape index (κ3) is 6.59. The lowest BCUT2D eigenvalue weighted by atomic mass is 10.1. The van der Waals surface area contributed by atoms with Crippen molar-refractivity contribution >= 4 is 11.9 Å². The van der Waals surface area contributed by atoms with Gasteiger partial charge in [-0.15, -0.1) is 0 Å². The Morgan fingerprint density at radius 1 is 1.08 bits per heavy atom. The van der Waals surface area contributed by atoms with Crippen LogP contribution in [0.4, 0.5) is 0 Å². The Bertz CT molecular complexity index is 711. The van der Waals surface area contributed by atoms with Gasteiger partial charge in [-0.1, -0.05) is 42.5 Å². The second kappa shape index (κ2) is 10.2. The van der Waals surface area contributed by atoms with E-state index in [1.165, 1.54) is 5.56 Å². The van der Waals surface area contributed by atoms with E-state index in [1.54, 1.807) is 12.1 Å². The molecule has 0 fully saturated rings. The Labute approximate surface area is 155 Å². The molecule has 1 unspecified atom stereocenters. The molecule has 2 rings (SSSR count). The van der Waals surface area contributed by atoms with Gasteiger partial charge in [-0.05, 0) is 49.9 Å².